The molecule has 4 atom stereocenters. The van der Waals surface area contributed by atoms with Crippen molar-refractivity contribution in [1.29, 1.82) is 0 Å². The first-order valence-corrected chi connectivity index (χ1v) is 18.7. The van der Waals surface area contributed by atoms with Gasteiger partial charge in [0.2, 0.25) is 0 Å². The van der Waals surface area contributed by atoms with E-state index in [1.807, 2.05) is 0 Å². The molecule has 16 heteroatoms. The van der Waals surface area contributed by atoms with Crippen LogP contribution < -0.4 is 21.2 Å². The maximum absolute atomic E-state index is 13.3. The van der Waals surface area contributed by atoms with E-state index in [2.05, 4.69) is 0 Å². The van der Waals surface area contributed by atoms with Gasteiger partial charge in [0.05, 0.1) is 47.6 Å². The smallest absolute Gasteiger partial charge is 0.321 e. The molecule has 0 heterocycles. The van der Waals surface area contributed by atoms with Gasteiger partial charge in [-0.1, -0.05) is 24.3 Å². The minimum Gasteiger partial charge on any atom is -0.321 e. The second kappa shape index (κ2) is 11.3. The van der Waals surface area contributed by atoms with Gasteiger partial charge in [-0.15, -0.1) is 0 Å². The summed E-state index contributed by atoms with van der Waals surface area (Å²) in [7, 11) is -18.3. The van der Waals surface area contributed by atoms with Crippen LogP contribution in [0.3, 0.4) is 0 Å². The third-order valence-corrected chi connectivity index (χ3v) is 12.6. The van der Waals surface area contributed by atoms with Gasteiger partial charge in [-0.25, -0.2) is 0 Å². The minimum atomic E-state index is -4.57. The molecule has 0 saturated carbocycles. The lowest BCUT2D eigenvalue weighted by atomic mass is 9.94. The standard InChI is InChI=1S/C24H30O12P4/c1-5-33-37(25,26)19-13-20(38(27,28)34-6-2)16-11-12-18-22(40(31,32)36-8-4)14-21(39(29,30)35-7-3)17-10-9-15(19)23(16)24(17)18/h9-14H,5-8H2,1-4H3,(H,25,26)(H,27,28)(H,29,30)(H,31,32). The molecule has 4 unspecified atom stereocenters. The van der Waals surface area contributed by atoms with Crippen molar-refractivity contribution >= 4 is 83.9 Å². The highest BCUT2D eigenvalue weighted by Gasteiger charge is 2.37. The molecule has 0 spiro atoms. The third kappa shape index (κ3) is 5.38. The molecule has 0 aliphatic heterocycles. The molecule has 0 radical (unpaired) electrons. The van der Waals surface area contributed by atoms with Crippen LogP contribution in [-0.4, -0.2) is 46.0 Å². The van der Waals surface area contributed by atoms with Gasteiger partial charge in [0.1, 0.15) is 0 Å². The molecule has 0 aliphatic rings. The van der Waals surface area contributed by atoms with Crippen molar-refractivity contribution in [3.63, 3.8) is 0 Å². The third-order valence-electron chi connectivity index (χ3n) is 6.25. The summed E-state index contributed by atoms with van der Waals surface area (Å²) < 4.78 is 73.9. The van der Waals surface area contributed by atoms with Crippen molar-refractivity contribution in [3.05, 3.63) is 36.4 Å². The number of hydrogen-bond acceptors (Lipinski definition) is 8. The molecule has 12 nitrogen and oxygen atoms in total. The fourth-order valence-corrected chi connectivity index (χ4v) is 10.1. The molecule has 0 fully saturated rings. The Morgan fingerprint density at radius 1 is 0.475 bits per heavy atom. The van der Waals surface area contributed by atoms with E-state index in [9.17, 15) is 37.8 Å². The van der Waals surface area contributed by atoms with Gasteiger partial charge in [-0.2, -0.15) is 0 Å². The molecule has 0 aromatic heterocycles. The van der Waals surface area contributed by atoms with Crippen molar-refractivity contribution < 1.29 is 55.9 Å². The number of benzene rings is 4. The summed E-state index contributed by atoms with van der Waals surface area (Å²) in [6, 6.07) is 7.86. The van der Waals surface area contributed by atoms with Crippen LogP contribution in [0, 0.1) is 0 Å². The second-order valence-corrected chi connectivity index (χ2v) is 15.8. The Balaban J connectivity index is 2.35. The fourth-order valence-electron chi connectivity index (χ4n) is 4.83. The maximum atomic E-state index is 13.3. The van der Waals surface area contributed by atoms with Gasteiger partial charge in [0.15, 0.2) is 0 Å². The highest BCUT2D eigenvalue weighted by atomic mass is 31.2. The molecule has 40 heavy (non-hydrogen) atoms. The Labute approximate surface area is 230 Å². The summed E-state index contributed by atoms with van der Waals surface area (Å²) in [6.45, 7) is 5.45. The lowest BCUT2D eigenvalue weighted by molar-refractivity contribution is 0.282. The minimum absolute atomic E-state index is 0.126. The Morgan fingerprint density at radius 2 is 0.675 bits per heavy atom. The average molecular weight is 634 g/mol. The molecule has 0 amide bonds. The molecule has 218 valence electrons. The molecular formula is C24H30O12P4. The van der Waals surface area contributed by atoms with Gasteiger partial charge in [-0.05, 0) is 72.1 Å². The summed E-state index contributed by atoms with van der Waals surface area (Å²) >= 11 is 0. The van der Waals surface area contributed by atoms with Gasteiger partial charge in [0, 0.05) is 0 Å². The molecule has 0 saturated heterocycles. The van der Waals surface area contributed by atoms with E-state index in [1.54, 1.807) is 0 Å². The summed E-state index contributed by atoms with van der Waals surface area (Å²) in [5, 5.41) is -0.450. The van der Waals surface area contributed by atoms with E-state index < -0.39 is 30.4 Å². The van der Waals surface area contributed by atoms with Crippen LogP contribution in [0.4, 0.5) is 0 Å². The van der Waals surface area contributed by atoms with E-state index in [0.717, 1.165) is 12.1 Å². The van der Waals surface area contributed by atoms with Crippen LogP contribution in [0.1, 0.15) is 27.7 Å². The SMILES string of the molecule is CCOP(=O)(O)c1cc(P(=O)(O)OCC)c2ccc3c(P(=O)(O)OCC)cc(P(=O)(O)OCC)c4ccc1c2c43. The zero-order valence-corrected chi connectivity index (χ0v) is 25.7. The van der Waals surface area contributed by atoms with Crippen molar-refractivity contribution in [2.45, 2.75) is 27.7 Å². The van der Waals surface area contributed by atoms with Crippen LogP contribution >= 0.6 is 30.4 Å². The quantitative estimate of drug-likeness (QED) is 0.130. The van der Waals surface area contributed by atoms with Crippen molar-refractivity contribution in [2.75, 3.05) is 26.4 Å². The van der Waals surface area contributed by atoms with Crippen LogP contribution in [0.25, 0.3) is 32.3 Å². The molecule has 0 bridgehead atoms. The lowest BCUT2D eigenvalue weighted by Crippen LogP contribution is -2.22. The average Bonchev–Trinajstić information content (AvgIpc) is 2.86. The van der Waals surface area contributed by atoms with Crippen molar-refractivity contribution in [1.82, 2.24) is 0 Å². The predicted molar refractivity (Wildman–Crippen MR) is 154 cm³/mol. The van der Waals surface area contributed by atoms with Crippen LogP contribution in [0.2, 0.25) is 0 Å². The highest BCUT2D eigenvalue weighted by molar-refractivity contribution is 7.64. The first kappa shape index (κ1) is 31.5. The normalized spacial score (nSPS) is 18.5. The van der Waals surface area contributed by atoms with Crippen LogP contribution in [-0.2, 0) is 36.4 Å². The lowest BCUT2D eigenvalue weighted by Gasteiger charge is -2.24. The van der Waals surface area contributed by atoms with Crippen LogP contribution in [0.5, 0.6) is 0 Å². The summed E-state index contributed by atoms with van der Waals surface area (Å²) in [4.78, 5) is 43.4. The summed E-state index contributed by atoms with van der Waals surface area (Å²) in [6.07, 6.45) is 0. The largest absolute Gasteiger partial charge is 0.359 e. The Kier molecular flexibility index (Phi) is 8.89. The predicted octanol–water partition coefficient (Wildman–Crippen LogP) is 3.97. The van der Waals surface area contributed by atoms with Crippen molar-refractivity contribution in [3.8, 4) is 0 Å². The monoisotopic (exact) mass is 634 g/mol. The molecule has 4 aromatic rings. The highest BCUT2D eigenvalue weighted by Crippen LogP contribution is 2.52. The van der Waals surface area contributed by atoms with Gasteiger partial charge in [0.25, 0.3) is 0 Å². The molecular weight excluding hydrogens is 604 g/mol. The topological polar surface area (TPSA) is 186 Å². The van der Waals surface area contributed by atoms with E-state index >= 15 is 0 Å². The molecule has 4 rings (SSSR count). The van der Waals surface area contributed by atoms with Crippen molar-refractivity contribution in [2.24, 2.45) is 0 Å². The Bertz CT molecular complexity index is 1540. The van der Waals surface area contributed by atoms with Gasteiger partial charge in [-0.3, -0.25) is 18.3 Å². The first-order chi connectivity index (χ1) is 18.7. The van der Waals surface area contributed by atoms with E-state index in [-0.39, 0.29) is 80.0 Å². The van der Waals surface area contributed by atoms with Gasteiger partial charge >= 0.3 is 30.4 Å². The summed E-state index contributed by atoms with van der Waals surface area (Å²) in [5.74, 6) is 0. The molecule has 4 aromatic carbocycles. The summed E-state index contributed by atoms with van der Waals surface area (Å²) in [5.41, 5.74) is 0. The molecule has 4 N–H and O–H groups in total. The van der Waals surface area contributed by atoms with E-state index in [1.165, 1.54) is 52.0 Å². The Morgan fingerprint density at radius 3 is 0.850 bits per heavy atom. The zero-order valence-electron chi connectivity index (χ0n) is 22.1. The van der Waals surface area contributed by atoms with E-state index in [0.29, 0.717) is 0 Å². The fraction of sp³-hybridized carbons (Fsp3) is 0.333. The second-order valence-electron chi connectivity index (χ2n) is 8.65. The van der Waals surface area contributed by atoms with E-state index in [4.69, 9.17) is 18.1 Å². The van der Waals surface area contributed by atoms with Crippen LogP contribution in [0.15, 0.2) is 36.4 Å². The Hall–Kier alpha value is -1.48. The molecule has 0 aliphatic carbocycles. The zero-order chi connectivity index (χ0) is 29.7. The first-order valence-electron chi connectivity index (χ1n) is 12.4. The number of rotatable bonds is 12. The van der Waals surface area contributed by atoms with Gasteiger partial charge < -0.3 is 37.7 Å². The maximum Gasteiger partial charge on any atom is 0.359 e. The number of hydrogen-bond donors (Lipinski definition) is 4.